The first-order valence-corrected chi connectivity index (χ1v) is 4.90. The molecule has 0 saturated heterocycles. The number of urea groups is 1. The predicted octanol–water partition coefficient (Wildman–Crippen LogP) is -0.556. The number of imide groups is 1. The van der Waals surface area contributed by atoms with Gasteiger partial charge >= 0.3 is 6.03 Å². The maximum atomic E-state index is 10.9. The Morgan fingerprint density at radius 1 is 1.40 bits per heavy atom. The minimum atomic E-state index is -0.835. The van der Waals surface area contributed by atoms with Gasteiger partial charge in [0.05, 0.1) is 13.2 Å². The first-order chi connectivity index (χ1) is 7.02. The van der Waals surface area contributed by atoms with Crippen molar-refractivity contribution in [1.29, 1.82) is 0 Å². The summed E-state index contributed by atoms with van der Waals surface area (Å²) < 4.78 is 5.27. The summed E-state index contributed by atoms with van der Waals surface area (Å²) in [6.45, 7) is 6.01. The molecule has 0 aliphatic carbocycles. The topological polar surface area (TPSA) is 93.4 Å². The van der Waals surface area contributed by atoms with Crippen molar-refractivity contribution < 1.29 is 14.3 Å². The van der Waals surface area contributed by atoms with Crippen molar-refractivity contribution in [2.45, 2.75) is 13.8 Å². The highest BCUT2D eigenvalue weighted by Crippen LogP contribution is 1.90. The molecule has 3 amide bonds. The molecule has 0 aliphatic heterocycles. The van der Waals surface area contributed by atoms with E-state index in [4.69, 9.17) is 10.5 Å². The molecule has 0 bridgehead atoms. The summed E-state index contributed by atoms with van der Waals surface area (Å²) in [6.07, 6.45) is 0. The molecule has 0 aromatic heterocycles. The molecular formula is C9H19N3O3. The number of carbonyl (C=O) groups excluding carboxylic acids is 2. The van der Waals surface area contributed by atoms with Crippen molar-refractivity contribution in [1.82, 2.24) is 10.6 Å². The lowest BCUT2D eigenvalue weighted by molar-refractivity contribution is -0.119. The Morgan fingerprint density at radius 3 is 2.60 bits per heavy atom. The van der Waals surface area contributed by atoms with Crippen LogP contribution in [0.3, 0.4) is 0 Å². The number of ether oxygens (including phenoxy) is 1. The van der Waals surface area contributed by atoms with Crippen LogP contribution >= 0.6 is 0 Å². The largest absolute Gasteiger partial charge is 0.380 e. The molecule has 6 nitrogen and oxygen atoms in total. The Balaban J connectivity index is 3.24. The standard InChI is InChI=1S/C9H19N3O3/c1-7(2)6-15-4-3-11-5-8(13)12-9(10)14/h7,11H,3-6H2,1-2H3,(H3,10,12,13,14). The molecular weight excluding hydrogens is 198 g/mol. The molecule has 0 aromatic rings. The van der Waals surface area contributed by atoms with E-state index in [1.807, 2.05) is 5.32 Å². The van der Waals surface area contributed by atoms with Gasteiger partial charge in [-0.05, 0) is 5.92 Å². The van der Waals surface area contributed by atoms with Crippen LogP contribution in [0.2, 0.25) is 0 Å². The van der Waals surface area contributed by atoms with Gasteiger partial charge in [0.15, 0.2) is 0 Å². The van der Waals surface area contributed by atoms with Gasteiger partial charge in [0, 0.05) is 13.2 Å². The number of hydrogen-bond acceptors (Lipinski definition) is 4. The molecule has 0 atom stereocenters. The maximum absolute atomic E-state index is 10.9. The summed E-state index contributed by atoms with van der Waals surface area (Å²) in [5, 5.41) is 4.77. The zero-order valence-electron chi connectivity index (χ0n) is 9.21. The molecule has 0 spiro atoms. The smallest absolute Gasteiger partial charge is 0.318 e. The molecule has 0 rings (SSSR count). The van der Waals surface area contributed by atoms with Crippen LogP contribution in [-0.2, 0) is 9.53 Å². The van der Waals surface area contributed by atoms with E-state index in [0.717, 1.165) is 0 Å². The fraction of sp³-hybridized carbons (Fsp3) is 0.778. The number of nitrogens with one attached hydrogen (secondary N) is 2. The summed E-state index contributed by atoms with van der Waals surface area (Å²) >= 11 is 0. The molecule has 4 N–H and O–H groups in total. The van der Waals surface area contributed by atoms with Crippen molar-refractivity contribution in [3.8, 4) is 0 Å². The van der Waals surface area contributed by atoms with E-state index in [1.54, 1.807) is 0 Å². The van der Waals surface area contributed by atoms with Crippen LogP contribution in [0, 0.1) is 5.92 Å². The Morgan fingerprint density at radius 2 is 2.07 bits per heavy atom. The first kappa shape index (κ1) is 13.9. The highest BCUT2D eigenvalue weighted by atomic mass is 16.5. The van der Waals surface area contributed by atoms with Crippen molar-refractivity contribution in [2.24, 2.45) is 11.7 Å². The SMILES string of the molecule is CC(C)COCCNCC(=O)NC(N)=O. The third-order valence-electron chi connectivity index (χ3n) is 1.42. The summed E-state index contributed by atoms with van der Waals surface area (Å²) in [4.78, 5) is 21.1. The highest BCUT2D eigenvalue weighted by molar-refractivity contribution is 5.94. The Labute approximate surface area is 89.5 Å². The molecule has 0 heterocycles. The van der Waals surface area contributed by atoms with E-state index < -0.39 is 11.9 Å². The zero-order chi connectivity index (χ0) is 11.7. The second kappa shape index (κ2) is 8.19. The molecule has 0 saturated carbocycles. The van der Waals surface area contributed by atoms with Crippen LogP contribution in [0.1, 0.15) is 13.8 Å². The van der Waals surface area contributed by atoms with E-state index in [2.05, 4.69) is 19.2 Å². The average molecular weight is 217 g/mol. The third kappa shape index (κ3) is 10.8. The second-order valence-corrected chi connectivity index (χ2v) is 3.56. The van der Waals surface area contributed by atoms with Gasteiger partial charge in [-0.25, -0.2) is 4.79 Å². The fourth-order valence-electron chi connectivity index (χ4n) is 0.847. The number of rotatable bonds is 7. The Kier molecular flexibility index (Phi) is 7.57. The van der Waals surface area contributed by atoms with Gasteiger partial charge in [0.2, 0.25) is 5.91 Å². The number of hydrogen-bond donors (Lipinski definition) is 3. The van der Waals surface area contributed by atoms with E-state index >= 15 is 0 Å². The minimum Gasteiger partial charge on any atom is -0.380 e. The number of carbonyl (C=O) groups is 2. The van der Waals surface area contributed by atoms with Gasteiger partial charge in [-0.2, -0.15) is 0 Å². The Hall–Kier alpha value is -1.14. The van der Waals surface area contributed by atoms with Crippen molar-refractivity contribution in [3.05, 3.63) is 0 Å². The molecule has 0 aliphatic rings. The molecule has 0 unspecified atom stereocenters. The van der Waals surface area contributed by atoms with E-state index in [0.29, 0.717) is 25.7 Å². The molecule has 0 fully saturated rings. The van der Waals surface area contributed by atoms with E-state index in [9.17, 15) is 9.59 Å². The van der Waals surface area contributed by atoms with Gasteiger partial charge < -0.3 is 15.8 Å². The van der Waals surface area contributed by atoms with Gasteiger partial charge in [0.1, 0.15) is 0 Å². The van der Waals surface area contributed by atoms with Gasteiger partial charge in [-0.1, -0.05) is 13.8 Å². The predicted molar refractivity (Wildman–Crippen MR) is 56.3 cm³/mol. The molecule has 88 valence electrons. The molecule has 0 radical (unpaired) electrons. The zero-order valence-corrected chi connectivity index (χ0v) is 9.21. The highest BCUT2D eigenvalue weighted by Gasteiger charge is 2.02. The lowest BCUT2D eigenvalue weighted by atomic mass is 10.2. The maximum Gasteiger partial charge on any atom is 0.318 e. The van der Waals surface area contributed by atoms with Gasteiger partial charge in [0.25, 0.3) is 0 Å². The number of nitrogens with two attached hydrogens (primary N) is 1. The van der Waals surface area contributed by atoms with Crippen LogP contribution in [0.15, 0.2) is 0 Å². The third-order valence-corrected chi connectivity index (χ3v) is 1.42. The van der Waals surface area contributed by atoms with Gasteiger partial charge in [-0.15, -0.1) is 0 Å². The monoisotopic (exact) mass is 217 g/mol. The number of primary amides is 1. The quantitative estimate of drug-likeness (QED) is 0.498. The number of amides is 3. The van der Waals surface area contributed by atoms with Crippen LogP contribution in [0.5, 0.6) is 0 Å². The molecule has 6 heteroatoms. The van der Waals surface area contributed by atoms with Gasteiger partial charge in [-0.3, -0.25) is 10.1 Å². The average Bonchev–Trinajstić information content (AvgIpc) is 2.09. The lowest BCUT2D eigenvalue weighted by Gasteiger charge is -2.07. The summed E-state index contributed by atoms with van der Waals surface area (Å²) in [5.41, 5.74) is 4.76. The van der Waals surface area contributed by atoms with Crippen LogP contribution < -0.4 is 16.4 Å². The van der Waals surface area contributed by atoms with E-state index in [-0.39, 0.29) is 6.54 Å². The van der Waals surface area contributed by atoms with Crippen LogP contribution in [0.25, 0.3) is 0 Å². The molecule has 15 heavy (non-hydrogen) atoms. The van der Waals surface area contributed by atoms with Crippen molar-refractivity contribution >= 4 is 11.9 Å². The van der Waals surface area contributed by atoms with Crippen LogP contribution in [-0.4, -0.2) is 38.2 Å². The van der Waals surface area contributed by atoms with E-state index in [1.165, 1.54) is 0 Å². The summed E-state index contributed by atoms with van der Waals surface area (Å²) in [7, 11) is 0. The second-order valence-electron chi connectivity index (χ2n) is 3.56. The summed E-state index contributed by atoms with van der Waals surface area (Å²) in [5.74, 6) is 0.0644. The Bertz CT molecular complexity index is 207. The summed E-state index contributed by atoms with van der Waals surface area (Å²) in [6, 6.07) is -0.835. The normalized spacial score (nSPS) is 10.3. The first-order valence-electron chi connectivity index (χ1n) is 4.90. The van der Waals surface area contributed by atoms with Crippen molar-refractivity contribution in [2.75, 3.05) is 26.3 Å². The molecule has 0 aromatic carbocycles. The lowest BCUT2D eigenvalue weighted by Crippen LogP contribution is -2.41. The minimum absolute atomic E-state index is 0.0635. The fourth-order valence-corrected chi connectivity index (χ4v) is 0.847. The van der Waals surface area contributed by atoms with Crippen molar-refractivity contribution in [3.63, 3.8) is 0 Å². The van der Waals surface area contributed by atoms with Crippen LogP contribution in [0.4, 0.5) is 4.79 Å².